The molecule has 0 aliphatic carbocycles. The molecule has 0 aliphatic heterocycles. The third kappa shape index (κ3) is 4.93. The van der Waals surface area contributed by atoms with Crippen LogP contribution in [0.1, 0.15) is 35.7 Å². The zero-order valence-electron chi connectivity index (χ0n) is 19.5. The number of halogens is 2. The standard InChI is InChI=1S/C27H25F2N3O3/c1-15(17-9-12-21(28)22(29)14-17)31-23(16-7-10-20(35-3)11-8-16)18-5-4-6-19(13-18)32-25-24(30-2)26(33)27(25)34/h4-15,23,30-32H,1-3H3. The van der Waals surface area contributed by atoms with Crippen LogP contribution in [0.3, 0.4) is 0 Å². The van der Waals surface area contributed by atoms with Crippen molar-refractivity contribution in [3.63, 3.8) is 0 Å². The van der Waals surface area contributed by atoms with Gasteiger partial charge in [0.1, 0.15) is 17.1 Å². The minimum absolute atomic E-state index is 0.221. The van der Waals surface area contributed by atoms with Gasteiger partial charge in [0.15, 0.2) is 11.6 Å². The van der Waals surface area contributed by atoms with E-state index in [2.05, 4.69) is 16.0 Å². The number of benzene rings is 3. The Morgan fingerprint density at radius 2 is 1.49 bits per heavy atom. The smallest absolute Gasteiger partial charge is 0.253 e. The molecule has 35 heavy (non-hydrogen) atoms. The topological polar surface area (TPSA) is 79.5 Å². The van der Waals surface area contributed by atoms with E-state index in [1.54, 1.807) is 26.3 Å². The number of methoxy groups -OCH3 is 1. The van der Waals surface area contributed by atoms with Crippen LogP contribution in [0.4, 0.5) is 25.8 Å². The summed E-state index contributed by atoms with van der Waals surface area (Å²) in [7, 11) is 3.17. The summed E-state index contributed by atoms with van der Waals surface area (Å²) in [5.74, 6) is -1.10. The van der Waals surface area contributed by atoms with Crippen LogP contribution in [0.15, 0.2) is 76.3 Å². The van der Waals surface area contributed by atoms with E-state index in [9.17, 15) is 18.4 Å². The SMILES string of the molecule is CNc1c(Nc2cccc(C(NC(C)c3ccc(F)c(F)c3)c3ccc(OC)cc3)c2)c(=O)c1=O. The Morgan fingerprint density at radius 3 is 2.14 bits per heavy atom. The quantitative estimate of drug-likeness (QED) is 0.301. The lowest BCUT2D eigenvalue weighted by Crippen LogP contribution is -2.35. The maximum absolute atomic E-state index is 13.9. The largest absolute Gasteiger partial charge is 0.497 e. The molecule has 6 nitrogen and oxygen atoms in total. The fraction of sp³-hybridized carbons (Fsp3) is 0.185. The molecule has 0 bridgehead atoms. The highest BCUT2D eigenvalue weighted by molar-refractivity contribution is 5.78. The summed E-state index contributed by atoms with van der Waals surface area (Å²) in [5, 5.41) is 9.27. The van der Waals surface area contributed by atoms with Gasteiger partial charge in [-0.05, 0) is 60.0 Å². The van der Waals surface area contributed by atoms with Crippen LogP contribution >= 0.6 is 0 Å². The number of hydrogen-bond acceptors (Lipinski definition) is 6. The van der Waals surface area contributed by atoms with Crippen LogP contribution in [0.25, 0.3) is 0 Å². The van der Waals surface area contributed by atoms with Crippen LogP contribution in [0.5, 0.6) is 5.75 Å². The number of nitrogens with one attached hydrogen (secondary N) is 3. The molecule has 0 saturated heterocycles. The van der Waals surface area contributed by atoms with Crippen LogP contribution in [0.2, 0.25) is 0 Å². The van der Waals surface area contributed by atoms with Gasteiger partial charge < -0.3 is 15.4 Å². The first-order valence-corrected chi connectivity index (χ1v) is 11.1. The molecule has 180 valence electrons. The van der Waals surface area contributed by atoms with Crippen LogP contribution in [-0.4, -0.2) is 14.2 Å². The Hall–Kier alpha value is -4.04. The third-order valence-corrected chi connectivity index (χ3v) is 5.96. The summed E-state index contributed by atoms with van der Waals surface area (Å²) in [6.07, 6.45) is 0. The molecular weight excluding hydrogens is 452 g/mol. The molecule has 0 spiro atoms. The highest BCUT2D eigenvalue weighted by Crippen LogP contribution is 2.30. The van der Waals surface area contributed by atoms with Crippen molar-refractivity contribution in [1.82, 2.24) is 5.32 Å². The number of anilines is 3. The van der Waals surface area contributed by atoms with Crippen molar-refractivity contribution < 1.29 is 13.5 Å². The van der Waals surface area contributed by atoms with Gasteiger partial charge in [-0.25, -0.2) is 8.78 Å². The van der Waals surface area contributed by atoms with Crippen molar-refractivity contribution in [2.24, 2.45) is 0 Å². The lowest BCUT2D eigenvalue weighted by molar-refractivity contribution is 0.414. The van der Waals surface area contributed by atoms with E-state index in [-0.39, 0.29) is 23.5 Å². The second-order valence-electron chi connectivity index (χ2n) is 8.18. The van der Waals surface area contributed by atoms with E-state index < -0.39 is 22.5 Å². The van der Waals surface area contributed by atoms with Crippen molar-refractivity contribution in [3.05, 3.63) is 116 Å². The Balaban J connectivity index is 1.68. The van der Waals surface area contributed by atoms with Gasteiger partial charge in [0, 0.05) is 18.8 Å². The van der Waals surface area contributed by atoms with Crippen LogP contribution < -0.4 is 31.5 Å². The first-order valence-electron chi connectivity index (χ1n) is 11.1. The summed E-state index contributed by atoms with van der Waals surface area (Å²) in [6, 6.07) is 18.1. The number of hydrogen-bond donors (Lipinski definition) is 3. The lowest BCUT2D eigenvalue weighted by Gasteiger charge is -2.26. The Labute approximate surface area is 201 Å². The molecule has 4 rings (SSSR count). The zero-order chi connectivity index (χ0) is 25.1. The predicted molar refractivity (Wildman–Crippen MR) is 133 cm³/mol. The van der Waals surface area contributed by atoms with Crippen LogP contribution in [-0.2, 0) is 0 Å². The van der Waals surface area contributed by atoms with Gasteiger partial charge in [0.2, 0.25) is 0 Å². The van der Waals surface area contributed by atoms with Gasteiger partial charge in [-0.2, -0.15) is 0 Å². The second kappa shape index (κ2) is 10.1. The molecule has 0 fully saturated rings. The van der Waals surface area contributed by atoms with E-state index in [0.717, 1.165) is 17.2 Å². The fourth-order valence-corrected chi connectivity index (χ4v) is 4.00. The molecule has 4 aromatic carbocycles. The van der Waals surface area contributed by atoms with E-state index in [1.807, 2.05) is 49.4 Å². The molecule has 3 N–H and O–H groups in total. The molecule has 2 unspecified atom stereocenters. The molecular formula is C27H25F2N3O3. The van der Waals surface area contributed by atoms with Crippen molar-refractivity contribution in [1.29, 1.82) is 0 Å². The normalized spacial score (nSPS) is 12.8. The Bertz CT molecular complexity index is 1410. The van der Waals surface area contributed by atoms with Crippen molar-refractivity contribution in [3.8, 4) is 5.75 Å². The van der Waals surface area contributed by atoms with E-state index >= 15 is 0 Å². The van der Waals surface area contributed by atoms with Gasteiger partial charge in [-0.1, -0.05) is 30.3 Å². The van der Waals surface area contributed by atoms with Crippen LogP contribution in [0, 0.1) is 11.6 Å². The van der Waals surface area contributed by atoms with Crippen molar-refractivity contribution in [2.45, 2.75) is 19.0 Å². The van der Waals surface area contributed by atoms with E-state index in [0.29, 0.717) is 17.0 Å². The molecule has 0 aromatic heterocycles. The van der Waals surface area contributed by atoms with Gasteiger partial charge in [-0.3, -0.25) is 14.9 Å². The van der Waals surface area contributed by atoms with Crippen molar-refractivity contribution in [2.75, 3.05) is 24.8 Å². The van der Waals surface area contributed by atoms with Crippen molar-refractivity contribution >= 4 is 17.1 Å². The van der Waals surface area contributed by atoms with Gasteiger partial charge in [0.25, 0.3) is 10.9 Å². The lowest BCUT2D eigenvalue weighted by atomic mass is 9.96. The minimum atomic E-state index is -0.906. The fourth-order valence-electron chi connectivity index (χ4n) is 4.00. The maximum Gasteiger partial charge on any atom is 0.253 e. The Morgan fingerprint density at radius 1 is 0.800 bits per heavy atom. The van der Waals surface area contributed by atoms with E-state index in [4.69, 9.17) is 4.74 Å². The first-order chi connectivity index (χ1) is 16.8. The highest BCUT2D eigenvalue weighted by atomic mass is 19.2. The number of ether oxygens (including phenoxy) is 1. The molecule has 0 radical (unpaired) electrons. The zero-order valence-corrected chi connectivity index (χ0v) is 19.5. The maximum atomic E-state index is 13.9. The minimum Gasteiger partial charge on any atom is -0.497 e. The molecule has 8 heteroatoms. The summed E-state index contributed by atoms with van der Waals surface area (Å²) in [5.41, 5.74) is 2.35. The van der Waals surface area contributed by atoms with Gasteiger partial charge in [-0.15, -0.1) is 0 Å². The molecule has 0 heterocycles. The second-order valence-corrected chi connectivity index (χ2v) is 8.18. The predicted octanol–water partition coefficient (Wildman–Crippen LogP) is 4.79. The average molecular weight is 478 g/mol. The highest BCUT2D eigenvalue weighted by Gasteiger charge is 2.22. The van der Waals surface area contributed by atoms with E-state index in [1.165, 1.54) is 6.07 Å². The summed E-state index contributed by atoms with van der Waals surface area (Å²) in [6.45, 7) is 1.87. The molecule has 4 aromatic rings. The number of rotatable bonds is 9. The molecule has 0 aliphatic rings. The average Bonchev–Trinajstić information content (AvgIpc) is 2.88. The Kier molecular flexibility index (Phi) is 6.93. The molecule has 0 saturated carbocycles. The monoisotopic (exact) mass is 477 g/mol. The molecule has 0 amide bonds. The molecule has 2 atom stereocenters. The summed E-state index contributed by atoms with van der Waals surface area (Å²) in [4.78, 5) is 23.7. The summed E-state index contributed by atoms with van der Waals surface area (Å²) >= 11 is 0. The third-order valence-electron chi connectivity index (χ3n) is 5.96. The van der Waals surface area contributed by atoms with Gasteiger partial charge >= 0.3 is 0 Å². The first kappa shape index (κ1) is 24.1. The van der Waals surface area contributed by atoms with Gasteiger partial charge in [0.05, 0.1) is 13.2 Å². The summed E-state index contributed by atoms with van der Waals surface area (Å²) < 4.78 is 32.6.